The summed E-state index contributed by atoms with van der Waals surface area (Å²) in [6, 6.07) is 64.1. The summed E-state index contributed by atoms with van der Waals surface area (Å²) >= 11 is 0. The largest absolute Gasteiger partial charge is 0.309 e. The van der Waals surface area contributed by atoms with Gasteiger partial charge >= 0.3 is 0 Å². The molecule has 0 aliphatic heterocycles. The van der Waals surface area contributed by atoms with Crippen molar-refractivity contribution in [1.82, 2.24) is 19.5 Å². The van der Waals surface area contributed by atoms with Gasteiger partial charge in [-0.15, -0.1) is 0 Å². The number of nitrogens with zero attached hydrogens (tertiary/aromatic N) is 4. The summed E-state index contributed by atoms with van der Waals surface area (Å²) in [4.78, 5) is 14.9. The molecule has 0 unspecified atom stereocenters. The van der Waals surface area contributed by atoms with Crippen molar-refractivity contribution in [2.45, 2.75) is 0 Å². The molecule has 8 aromatic carbocycles. The van der Waals surface area contributed by atoms with Crippen LogP contribution in [-0.4, -0.2) is 19.5 Å². The molecule has 10 rings (SSSR count). The molecule has 0 radical (unpaired) electrons. The molecule has 0 spiro atoms. The summed E-state index contributed by atoms with van der Waals surface area (Å²) in [6.07, 6.45) is 0. The van der Waals surface area contributed by atoms with Crippen LogP contribution in [0.3, 0.4) is 0 Å². The quantitative estimate of drug-likeness (QED) is 0.186. The first kappa shape index (κ1) is 29.0. The number of aromatic nitrogens is 4. The number of hydrogen-bond acceptors (Lipinski definition) is 3. The molecule has 10 aromatic rings. The molecule has 0 atom stereocenters. The average molecular weight is 651 g/mol. The summed E-state index contributed by atoms with van der Waals surface area (Å²) in [6.45, 7) is 0. The standard InChI is InChI=1S/C47H30N4/c1-3-13-32(14-4-1)45-48-46(33-15-5-2-6-16-33)50-47(49-45)38-18-11-19-39(30-38)51-42-21-10-9-20-41(42)44-40-26-24-36(29-37(40)25-27-43(44)51)35-23-22-31-12-7-8-17-34(31)28-35/h1-30H. The van der Waals surface area contributed by atoms with Crippen LogP contribution in [0.2, 0.25) is 0 Å². The van der Waals surface area contributed by atoms with Crippen LogP contribution in [0.25, 0.3) is 94.3 Å². The highest BCUT2D eigenvalue weighted by Crippen LogP contribution is 2.39. The van der Waals surface area contributed by atoms with Gasteiger partial charge in [0.25, 0.3) is 0 Å². The highest BCUT2D eigenvalue weighted by atomic mass is 15.0. The zero-order chi connectivity index (χ0) is 33.7. The summed E-state index contributed by atoms with van der Waals surface area (Å²) in [5, 5.41) is 7.43. The van der Waals surface area contributed by atoms with Crippen LogP contribution >= 0.6 is 0 Å². The van der Waals surface area contributed by atoms with Crippen LogP contribution in [0, 0.1) is 0 Å². The van der Waals surface area contributed by atoms with E-state index in [1.807, 2.05) is 60.7 Å². The van der Waals surface area contributed by atoms with Crippen molar-refractivity contribution >= 4 is 43.4 Å². The molecule has 0 N–H and O–H groups in total. The van der Waals surface area contributed by atoms with Crippen LogP contribution in [0.15, 0.2) is 182 Å². The van der Waals surface area contributed by atoms with Gasteiger partial charge in [0.05, 0.1) is 11.0 Å². The fraction of sp³-hybridized carbons (Fsp3) is 0. The Kier molecular flexibility index (Phi) is 6.78. The minimum Gasteiger partial charge on any atom is -0.309 e. The fourth-order valence-electron chi connectivity index (χ4n) is 7.35. The summed E-state index contributed by atoms with van der Waals surface area (Å²) in [5.74, 6) is 1.93. The lowest BCUT2D eigenvalue weighted by atomic mass is 9.97. The molecule has 0 aliphatic carbocycles. The van der Waals surface area contributed by atoms with Crippen molar-refractivity contribution in [1.29, 1.82) is 0 Å². The molecule has 0 saturated carbocycles. The third kappa shape index (κ3) is 5.04. The zero-order valence-electron chi connectivity index (χ0n) is 27.6. The second-order valence-corrected chi connectivity index (χ2v) is 12.9. The molecule has 0 fully saturated rings. The molecule has 4 nitrogen and oxygen atoms in total. The van der Waals surface area contributed by atoms with Crippen molar-refractivity contribution < 1.29 is 0 Å². The number of hydrogen-bond donors (Lipinski definition) is 0. The zero-order valence-corrected chi connectivity index (χ0v) is 27.6. The number of benzene rings is 8. The van der Waals surface area contributed by atoms with Crippen LogP contribution in [0.1, 0.15) is 0 Å². The third-order valence-electron chi connectivity index (χ3n) is 9.80. The van der Waals surface area contributed by atoms with E-state index in [9.17, 15) is 0 Å². The van der Waals surface area contributed by atoms with Gasteiger partial charge < -0.3 is 4.57 Å². The van der Waals surface area contributed by atoms with Crippen LogP contribution in [0.4, 0.5) is 0 Å². The smallest absolute Gasteiger partial charge is 0.164 e. The van der Waals surface area contributed by atoms with Gasteiger partial charge in [-0.1, -0.05) is 146 Å². The minimum absolute atomic E-state index is 0.636. The predicted octanol–water partition coefficient (Wildman–Crippen LogP) is 11.9. The Morgan fingerprint density at radius 1 is 0.314 bits per heavy atom. The molecular weight excluding hydrogens is 621 g/mol. The molecule has 2 aromatic heterocycles. The van der Waals surface area contributed by atoms with Crippen molar-refractivity contribution in [2.75, 3.05) is 0 Å². The van der Waals surface area contributed by atoms with Gasteiger partial charge in [0.2, 0.25) is 0 Å². The van der Waals surface area contributed by atoms with E-state index in [1.165, 1.54) is 43.4 Å². The highest BCUT2D eigenvalue weighted by Gasteiger charge is 2.17. The van der Waals surface area contributed by atoms with E-state index < -0.39 is 0 Å². The van der Waals surface area contributed by atoms with Gasteiger partial charge in [-0.2, -0.15) is 0 Å². The molecule has 4 heteroatoms. The van der Waals surface area contributed by atoms with E-state index >= 15 is 0 Å². The van der Waals surface area contributed by atoms with Crippen molar-refractivity contribution in [3.8, 4) is 51.0 Å². The monoisotopic (exact) mass is 650 g/mol. The molecule has 0 aliphatic rings. The number of para-hydroxylation sites is 1. The van der Waals surface area contributed by atoms with Crippen LogP contribution in [-0.2, 0) is 0 Å². The van der Waals surface area contributed by atoms with Crippen LogP contribution in [0.5, 0.6) is 0 Å². The molecule has 0 bridgehead atoms. The van der Waals surface area contributed by atoms with E-state index in [0.29, 0.717) is 17.5 Å². The first-order valence-electron chi connectivity index (χ1n) is 17.2. The lowest BCUT2D eigenvalue weighted by Gasteiger charge is -2.12. The fourth-order valence-corrected chi connectivity index (χ4v) is 7.35. The Bertz CT molecular complexity index is 2850. The first-order valence-corrected chi connectivity index (χ1v) is 17.2. The maximum atomic E-state index is 5.01. The van der Waals surface area contributed by atoms with E-state index in [1.54, 1.807) is 0 Å². The van der Waals surface area contributed by atoms with E-state index in [2.05, 4.69) is 126 Å². The summed E-state index contributed by atoms with van der Waals surface area (Å²) < 4.78 is 2.36. The minimum atomic E-state index is 0.636. The second kappa shape index (κ2) is 11.9. The second-order valence-electron chi connectivity index (χ2n) is 12.9. The molecule has 238 valence electrons. The van der Waals surface area contributed by atoms with Gasteiger partial charge in [-0.05, 0) is 69.1 Å². The van der Waals surface area contributed by atoms with Gasteiger partial charge in [0, 0.05) is 33.2 Å². The van der Waals surface area contributed by atoms with Crippen LogP contribution < -0.4 is 0 Å². The topological polar surface area (TPSA) is 43.6 Å². The van der Waals surface area contributed by atoms with Gasteiger partial charge in [-0.3, -0.25) is 0 Å². The maximum Gasteiger partial charge on any atom is 0.164 e. The van der Waals surface area contributed by atoms with Gasteiger partial charge in [-0.25, -0.2) is 15.0 Å². The van der Waals surface area contributed by atoms with E-state index in [-0.39, 0.29) is 0 Å². The molecule has 0 saturated heterocycles. The Morgan fingerprint density at radius 2 is 0.882 bits per heavy atom. The van der Waals surface area contributed by atoms with E-state index in [0.717, 1.165) is 33.4 Å². The Labute approximate surface area is 295 Å². The summed E-state index contributed by atoms with van der Waals surface area (Å²) in [5.41, 5.74) is 8.63. The molecule has 51 heavy (non-hydrogen) atoms. The number of fused-ring (bicyclic) bond motifs is 6. The molecule has 0 amide bonds. The van der Waals surface area contributed by atoms with Crippen molar-refractivity contribution in [2.24, 2.45) is 0 Å². The van der Waals surface area contributed by atoms with Crippen molar-refractivity contribution in [3.63, 3.8) is 0 Å². The predicted molar refractivity (Wildman–Crippen MR) is 211 cm³/mol. The Morgan fingerprint density at radius 3 is 1.63 bits per heavy atom. The van der Waals surface area contributed by atoms with E-state index in [4.69, 9.17) is 15.0 Å². The first-order chi connectivity index (χ1) is 25.3. The molecule has 2 heterocycles. The lowest BCUT2D eigenvalue weighted by molar-refractivity contribution is 1.07. The number of rotatable bonds is 5. The van der Waals surface area contributed by atoms with Crippen molar-refractivity contribution in [3.05, 3.63) is 182 Å². The maximum absolute atomic E-state index is 5.01. The molecular formula is C47H30N4. The lowest BCUT2D eigenvalue weighted by Crippen LogP contribution is -2.01. The van der Waals surface area contributed by atoms with Gasteiger partial charge in [0.15, 0.2) is 17.5 Å². The highest BCUT2D eigenvalue weighted by molar-refractivity contribution is 6.21. The summed E-state index contributed by atoms with van der Waals surface area (Å²) in [7, 11) is 0. The average Bonchev–Trinajstić information content (AvgIpc) is 3.56. The van der Waals surface area contributed by atoms with Gasteiger partial charge in [0.1, 0.15) is 0 Å². The Hall–Kier alpha value is -6.91. The normalized spacial score (nSPS) is 11.5. The Balaban J connectivity index is 1.13. The SMILES string of the molecule is c1ccc(-c2nc(-c3ccccc3)nc(-c3cccc(-n4c5ccccc5c5c6ccc(-c7ccc8ccccc8c7)cc6ccc54)c3)n2)cc1. The third-order valence-corrected chi connectivity index (χ3v) is 9.80.